The van der Waals surface area contributed by atoms with E-state index in [9.17, 15) is 14.4 Å². The predicted octanol–water partition coefficient (Wildman–Crippen LogP) is 4.30. The topological polar surface area (TPSA) is 96.9 Å². The summed E-state index contributed by atoms with van der Waals surface area (Å²) in [6, 6.07) is 25.8. The van der Waals surface area contributed by atoms with E-state index < -0.39 is 5.69 Å². The minimum Gasteiger partial charge on any atom is -0.352 e. The highest BCUT2D eigenvalue weighted by Crippen LogP contribution is 2.18. The molecule has 0 atom stereocenters. The molecule has 0 unspecified atom stereocenters. The number of carbonyl (C=O) groups is 1. The molecule has 1 N–H and O–H groups in total. The van der Waals surface area contributed by atoms with Gasteiger partial charge in [0, 0.05) is 6.54 Å². The average Bonchev–Trinajstić information content (AvgIpc) is 3.42. The molecule has 0 aliphatic heterocycles. The molecule has 5 rings (SSSR count). The van der Waals surface area contributed by atoms with Crippen LogP contribution in [0.3, 0.4) is 0 Å². The van der Waals surface area contributed by atoms with E-state index in [1.807, 2.05) is 31.2 Å². The van der Waals surface area contributed by atoms with Crippen LogP contribution in [-0.4, -0.2) is 15.0 Å². The summed E-state index contributed by atoms with van der Waals surface area (Å²) < 4.78 is 3.22. The predicted molar refractivity (Wildman–Crippen MR) is 149 cm³/mol. The SMILES string of the molecule is Cc1ccc(CNC(=O)Cc2ccc(-n3c(=O)c4sccc4n(Cc4ccc(C#N)cc4)c3=O)cc2)cc1. The number of nitrogens with one attached hydrogen (secondary N) is 1. The average molecular weight is 521 g/mol. The number of aromatic nitrogens is 2. The highest BCUT2D eigenvalue weighted by molar-refractivity contribution is 7.17. The molecule has 8 heteroatoms. The smallest absolute Gasteiger partial charge is 0.336 e. The van der Waals surface area contributed by atoms with Crippen LogP contribution >= 0.6 is 11.3 Å². The molecule has 2 aromatic heterocycles. The second kappa shape index (κ2) is 10.7. The molecule has 38 heavy (non-hydrogen) atoms. The van der Waals surface area contributed by atoms with Gasteiger partial charge in [0.1, 0.15) is 4.70 Å². The van der Waals surface area contributed by atoms with Crippen molar-refractivity contribution >= 4 is 27.5 Å². The number of benzene rings is 3. The summed E-state index contributed by atoms with van der Waals surface area (Å²) in [6.45, 7) is 2.73. The van der Waals surface area contributed by atoms with Gasteiger partial charge in [-0.2, -0.15) is 5.26 Å². The minimum absolute atomic E-state index is 0.111. The molecule has 1 amide bonds. The molecule has 0 fully saturated rings. The minimum atomic E-state index is -0.450. The van der Waals surface area contributed by atoms with Gasteiger partial charge >= 0.3 is 5.69 Å². The molecule has 0 aliphatic rings. The van der Waals surface area contributed by atoms with Gasteiger partial charge < -0.3 is 5.32 Å². The first-order valence-corrected chi connectivity index (χ1v) is 12.9. The Bertz CT molecular complexity index is 1770. The number of amides is 1. The molecule has 0 bridgehead atoms. The van der Waals surface area contributed by atoms with Crippen LogP contribution in [0.4, 0.5) is 0 Å². The Hall–Kier alpha value is -4.74. The number of hydrogen-bond donors (Lipinski definition) is 1. The van der Waals surface area contributed by atoms with Gasteiger partial charge in [0.2, 0.25) is 5.91 Å². The summed E-state index contributed by atoms with van der Waals surface area (Å²) in [5.41, 5.74) is 4.54. The van der Waals surface area contributed by atoms with Crippen molar-refractivity contribution in [3.8, 4) is 11.8 Å². The van der Waals surface area contributed by atoms with Crippen LogP contribution < -0.4 is 16.6 Å². The zero-order valence-electron chi connectivity index (χ0n) is 20.7. The van der Waals surface area contributed by atoms with E-state index >= 15 is 0 Å². The summed E-state index contributed by atoms with van der Waals surface area (Å²) in [7, 11) is 0. The van der Waals surface area contributed by atoms with Gasteiger partial charge in [0.25, 0.3) is 5.56 Å². The van der Waals surface area contributed by atoms with Gasteiger partial charge in [0.15, 0.2) is 0 Å². The van der Waals surface area contributed by atoms with Crippen LogP contribution in [0.1, 0.15) is 27.8 Å². The fraction of sp³-hybridized carbons (Fsp3) is 0.133. The molecule has 188 valence electrons. The second-order valence-corrected chi connectivity index (χ2v) is 9.97. The van der Waals surface area contributed by atoms with E-state index in [4.69, 9.17) is 5.26 Å². The molecule has 5 aromatic rings. The molecule has 2 heterocycles. The molecule has 3 aromatic carbocycles. The lowest BCUT2D eigenvalue weighted by Crippen LogP contribution is -2.38. The molecule has 0 saturated heterocycles. The van der Waals surface area contributed by atoms with Crippen LogP contribution in [0.2, 0.25) is 0 Å². The Balaban J connectivity index is 1.39. The van der Waals surface area contributed by atoms with Crippen LogP contribution in [0.5, 0.6) is 0 Å². The van der Waals surface area contributed by atoms with Crippen molar-refractivity contribution in [1.82, 2.24) is 14.5 Å². The van der Waals surface area contributed by atoms with Gasteiger partial charge in [-0.3, -0.25) is 14.2 Å². The maximum Gasteiger partial charge on any atom is 0.336 e. The Morgan fingerprint density at radius 3 is 2.24 bits per heavy atom. The van der Waals surface area contributed by atoms with Crippen LogP contribution in [0, 0.1) is 18.3 Å². The van der Waals surface area contributed by atoms with Crippen molar-refractivity contribution in [1.29, 1.82) is 5.26 Å². The zero-order chi connectivity index (χ0) is 26.6. The molecule has 0 aliphatic carbocycles. The molecule has 0 saturated carbocycles. The van der Waals surface area contributed by atoms with E-state index in [0.717, 1.165) is 16.7 Å². The summed E-state index contributed by atoms with van der Waals surface area (Å²) in [6.07, 6.45) is 0.188. The number of hydrogen-bond acceptors (Lipinski definition) is 5. The Labute approximate surface area is 222 Å². The van der Waals surface area contributed by atoms with Crippen molar-refractivity contribution in [2.24, 2.45) is 0 Å². The highest BCUT2D eigenvalue weighted by Gasteiger charge is 2.16. The monoisotopic (exact) mass is 520 g/mol. The quantitative estimate of drug-likeness (QED) is 0.346. The second-order valence-electron chi connectivity index (χ2n) is 9.06. The number of fused-ring (bicyclic) bond motifs is 1. The van der Waals surface area contributed by atoms with Crippen LogP contribution in [0.25, 0.3) is 15.9 Å². The molecule has 7 nitrogen and oxygen atoms in total. The zero-order valence-corrected chi connectivity index (χ0v) is 21.5. The Morgan fingerprint density at radius 2 is 1.55 bits per heavy atom. The van der Waals surface area contributed by atoms with E-state index in [0.29, 0.717) is 28.0 Å². The van der Waals surface area contributed by atoms with E-state index in [1.54, 1.807) is 64.5 Å². The molecular weight excluding hydrogens is 496 g/mol. The van der Waals surface area contributed by atoms with Crippen molar-refractivity contribution in [3.63, 3.8) is 0 Å². The van der Waals surface area contributed by atoms with Crippen LogP contribution in [0.15, 0.2) is 93.8 Å². The largest absolute Gasteiger partial charge is 0.352 e. The Kier molecular flexibility index (Phi) is 7.03. The third kappa shape index (κ3) is 5.19. The van der Waals surface area contributed by atoms with Gasteiger partial charge in [-0.1, -0.05) is 54.1 Å². The van der Waals surface area contributed by atoms with Crippen molar-refractivity contribution in [3.05, 3.63) is 133 Å². The number of rotatable bonds is 7. The third-order valence-corrected chi connectivity index (χ3v) is 7.24. The summed E-state index contributed by atoms with van der Waals surface area (Å²) in [5.74, 6) is -0.111. The fourth-order valence-electron chi connectivity index (χ4n) is 4.25. The first-order chi connectivity index (χ1) is 18.4. The van der Waals surface area contributed by atoms with Crippen molar-refractivity contribution in [2.75, 3.05) is 0 Å². The van der Waals surface area contributed by atoms with E-state index in [1.165, 1.54) is 21.5 Å². The Morgan fingerprint density at radius 1 is 0.895 bits per heavy atom. The van der Waals surface area contributed by atoms with E-state index in [2.05, 4.69) is 11.4 Å². The maximum absolute atomic E-state index is 13.5. The fourth-order valence-corrected chi connectivity index (χ4v) is 5.08. The van der Waals surface area contributed by atoms with Crippen molar-refractivity contribution in [2.45, 2.75) is 26.4 Å². The summed E-state index contributed by atoms with van der Waals surface area (Å²) >= 11 is 1.29. The van der Waals surface area contributed by atoms with Crippen molar-refractivity contribution < 1.29 is 4.79 Å². The number of nitrogens with zero attached hydrogens (tertiary/aromatic N) is 3. The number of aryl methyl sites for hydroxylation is 1. The highest BCUT2D eigenvalue weighted by atomic mass is 32.1. The van der Waals surface area contributed by atoms with Crippen LogP contribution in [-0.2, 0) is 24.3 Å². The lowest BCUT2D eigenvalue weighted by Gasteiger charge is -2.13. The molecule has 0 spiro atoms. The lowest BCUT2D eigenvalue weighted by atomic mass is 10.1. The normalized spacial score (nSPS) is 10.8. The summed E-state index contributed by atoms with van der Waals surface area (Å²) in [4.78, 5) is 39.3. The number of carbonyl (C=O) groups excluding carboxylic acids is 1. The van der Waals surface area contributed by atoms with Gasteiger partial charge in [-0.25, -0.2) is 9.36 Å². The number of nitriles is 1. The first-order valence-electron chi connectivity index (χ1n) is 12.1. The van der Waals surface area contributed by atoms with Gasteiger partial charge in [-0.15, -0.1) is 11.3 Å². The molecular formula is C30H24N4O3S. The first kappa shape index (κ1) is 24.9. The maximum atomic E-state index is 13.5. The standard InChI is InChI=1S/C30H24N4O3S/c1-20-2-4-23(5-3-20)18-32-27(35)16-21-10-12-25(13-11-21)34-29(36)28-26(14-15-38-28)33(30(34)37)19-24-8-6-22(17-31)7-9-24/h2-15H,16,18-19H2,1H3,(H,32,35). The van der Waals surface area contributed by atoms with Gasteiger partial charge in [-0.05, 0) is 59.3 Å². The lowest BCUT2D eigenvalue weighted by molar-refractivity contribution is -0.120. The number of thiophene rings is 1. The summed E-state index contributed by atoms with van der Waals surface area (Å²) in [5, 5.41) is 13.8. The third-order valence-electron chi connectivity index (χ3n) is 6.35. The van der Waals surface area contributed by atoms with E-state index in [-0.39, 0.29) is 24.4 Å². The molecule has 0 radical (unpaired) electrons. The van der Waals surface area contributed by atoms with Gasteiger partial charge in [0.05, 0.1) is 35.8 Å².